The van der Waals surface area contributed by atoms with Gasteiger partial charge in [0.2, 0.25) is 5.95 Å². The SMILES string of the molecule is C[C@@H]1CCN1c1ncc(CCO)c2cc(Nc3ccnc(N4CC[C@@H](O)[C@@](C)(F)C4)n3)ncc12. The zero-order chi connectivity index (χ0) is 23.9. The average molecular weight is 468 g/mol. The van der Waals surface area contributed by atoms with Crippen molar-refractivity contribution >= 4 is 34.2 Å². The van der Waals surface area contributed by atoms with Crippen LogP contribution in [0.2, 0.25) is 0 Å². The minimum Gasteiger partial charge on any atom is -0.396 e. The fraction of sp³-hybridized carbons (Fsp3) is 0.500. The van der Waals surface area contributed by atoms with Crippen molar-refractivity contribution in [2.24, 2.45) is 0 Å². The summed E-state index contributed by atoms with van der Waals surface area (Å²) >= 11 is 0. The molecule has 0 aromatic carbocycles. The summed E-state index contributed by atoms with van der Waals surface area (Å²) in [5.74, 6) is 2.47. The standard InChI is InChI=1S/C24H30FN7O2/c1-15-4-9-32(15)22-18-13-27-21(11-17(18)16(6-10-33)12-28-22)29-20-3-7-26-23(30-20)31-8-5-19(34)24(2,25)14-31/h3,7,11-13,15,19,33-34H,4-6,8-10,14H2,1-2H3,(H,26,27,29,30)/t15-,19-,24+/m1/s1. The maximum atomic E-state index is 14.6. The highest BCUT2D eigenvalue weighted by Gasteiger charge is 2.39. The molecule has 0 aliphatic carbocycles. The molecule has 2 aliphatic rings. The van der Waals surface area contributed by atoms with Gasteiger partial charge in [-0.15, -0.1) is 0 Å². The lowest BCUT2D eigenvalue weighted by Gasteiger charge is -2.40. The number of nitrogens with zero attached hydrogens (tertiary/aromatic N) is 6. The Balaban J connectivity index is 1.43. The number of halogens is 1. The molecule has 0 unspecified atom stereocenters. The maximum absolute atomic E-state index is 14.6. The Morgan fingerprint density at radius 3 is 2.71 bits per heavy atom. The molecule has 0 bridgehead atoms. The molecule has 0 spiro atoms. The van der Waals surface area contributed by atoms with Crippen LogP contribution in [0.25, 0.3) is 10.8 Å². The molecule has 2 fully saturated rings. The summed E-state index contributed by atoms with van der Waals surface area (Å²) in [5.41, 5.74) is -0.759. The molecule has 9 nitrogen and oxygen atoms in total. The van der Waals surface area contributed by atoms with Crippen LogP contribution in [0.5, 0.6) is 0 Å². The van der Waals surface area contributed by atoms with Crippen molar-refractivity contribution in [2.75, 3.05) is 41.4 Å². The van der Waals surface area contributed by atoms with Crippen molar-refractivity contribution in [3.05, 3.63) is 36.3 Å². The van der Waals surface area contributed by atoms with Gasteiger partial charge in [0.05, 0.1) is 12.6 Å². The summed E-state index contributed by atoms with van der Waals surface area (Å²) in [7, 11) is 0. The van der Waals surface area contributed by atoms with Crippen LogP contribution < -0.4 is 15.1 Å². The average Bonchev–Trinajstić information content (AvgIpc) is 2.81. The summed E-state index contributed by atoms with van der Waals surface area (Å²) in [4.78, 5) is 22.1. The number of aliphatic hydroxyl groups excluding tert-OH is 2. The molecule has 10 heteroatoms. The third-order valence-corrected chi connectivity index (χ3v) is 6.86. The molecule has 0 amide bonds. The number of alkyl halides is 1. The molecule has 0 radical (unpaired) electrons. The molecule has 180 valence electrons. The fourth-order valence-corrected chi connectivity index (χ4v) is 4.63. The van der Waals surface area contributed by atoms with Gasteiger partial charge in [0.1, 0.15) is 17.5 Å². The fourth-order valence-electron chi connectivity index (χ4n) is 4.63. The van der Waals surface area contributed by atoms with Gasteiger partial charge in [0.15, 0.2) is 5.67 Å². The monoisotopic (exact) mass is 467 g/mol. The summed E-state index contributed by atoms with van der Waals surface area (Å²) in [6.45, 7) is 5.10. The van der Waals surface area contributed by atoms with Crippen molar-refractivity contribution in [3.8, 4) is 0 Å². The van der Waals surface area contributed by atoms with Gasteiger partial charge in [-0.2, -0.15) is 4.98 Å². The Labute approximate surface area is 197 Å². The molecule has 5 rings (SSSR count). The lowest BCUT2D eigenvalue weighted by atomic mass is 9.94. The van der Waals surface area contributed by atoms with Crippen molar-refractivity contribution in [1.29, 1.82) is 0 Å². The summed E-state index contributed by atoms with van der Waals surface area (Å²) in [5, 5.41) is 24.6. The van der Waals surface area contributed by atoms with Gasteiger partial charge < -0.3 is 25.3 Å². The predicted octanol–water partition coefficient (Wildman–Crippen LogP) is 2.60. The largest absolute Gasteiger partial charge is 0.396 e. The number of rotatable bonds is 6. The normalized spacial score (nSPS) is 24.9. The Hall–Kier alpha value is -3.11. The van der Waals surface area contributed by atoms with E-state index in [9.17, 15) is 14.6 Å². The van der Waals surface area contributed by atoms with Crippen LogP contribution in [-0.4, -0.2) is 74.2 Å². The Morgan fingerprint density at radius 2 is 2.00 bits per heavy atom. The van der Waals surface area contributed by atoms with Gasteiger partial charge in [-0.3, -0.25) is 0 Å². The highest BCUT2D eigenvalue weighted by Crippen LogP contribution is 2.34. The number of anilines is 4. The second kappa shape index (κ2) is 8.92. The second-order valence-electron chi connectivity index (χ2n) is 9.40. The number of hydrogen-bond acceptors (Lipinski definition) is 9. The van der Waals surface area contributed by atoms with Gasteiger partial charge in [-0.1, -0.05) is 0 Å². The maximum Gasteiger partial charge on any atom is 0.227 e. The van der Waals surface area contributed by atoms with Crippen LogP contribution in [-0.2, 0) is 6.42 Å². The molecule has 2 saturated heterocycles. The van der Waals surface area contributed by atoms with Crippen molar-refractivity contribution in [1.82, 2.24) is 19.9 Å². The van der Waals surface area contributed by atoms with Crippen LogP contribution in [0.1, 0.15) is 32.3 Å². The van der Waals surface area contributed by atoms with Crippen molar-refractivity contribution < 1.29 is 14.6 Å². The molecular weight excluding hydrogens is 437 g/mol. The second-order valence-corrected chi connectivity index (χ2v) is 9.40. The number of hydrogen-bond donors (Lipinski definition) is 3. The number of aromatic nitrogens is 4. The third-order valence-electron chi connectivity index (χ3n) is 6.86. The first kappa shape index (κ1) is 22.7. The first-order chi connectivity index (χ1) is 16.4. The summed E-state index contributed by atoms with van der Waals surface area (Å²) in [6, 6.07) is 4.13. The van der Waals surface area contributed by atoms with E-state index in [0.29, 0.717) is 43.0 Å². The number of pyridine rings is 2. The van der Waals surface area contributed by atoms with Crippen LogP contribution in [0, 0.1) is 0 Å². The first-order valence-electron chi connectivity index (χ1n) is 11.7. The van der Waals surface area contributed by atoms with E-state index < -0.39 is 11.8 Å². The lowest BCUT2D eigenvalue weighted by Crippen LogP contribution is -2.52. The van der Waals surface area contributed by atoms with Crippen LogP contribution >= 0.6 is 0 Å². The van der Waals surface area contributed by atoms with Crippen molar-refractivity contribution in [2.45, 2.75) is 50.9 Å². The summed E-state index contributed by atoms with van der Waals surface area (Å²) in [6.07, 6.45) is 6.25. The number of fused-ring (bicyclic) bond motifs is 1. The van der Waals surface area contributed by atoms with Gasteiger partial charge in [-0.25, -0.2) is 19.3 Å². The van der Waals surface area contributed by atoms with Gasteiger partial charge >= 0.3 is 0 Å². The van der Waals surface area contributed by atoms with Crippen molar-refractivity contribution in [3.63, 3.8) is 0 Å². The van der Waals surface area contributed by atoms with Gasteiger partial charge in [0.25, 0.3) is 0 Å². The molecule has 3 atom stereocenters. The highest BCUT2D eigenvalue weighted by molar-refractivity contribution is 5.95. The predicted molar refractivity (Wildman–Crippen MR) is 129 cm³/mol. The number of aliphatic hydroxyl groups is 2. The van der Waals surface area contributed by atoms with E-state index in [1.165, 1.54) is 6.92 Å². The molecule has 2 aliphatic heterocycles. The van der Waals surface area contributed by atoms with Gasteiger partial charge in [-0.05, 0) is 56.2 Å². The minimum atomic E-state index is -1.71. The van der Waals surface area contributed by atoms with Crippen LogP contribution in [0.4, 0.5) is 27.8 Å². The van der Waals surface area contributed by atoms with E-state index in [-0.39, 0.29) is 13.2 Å². The smallest absolute Gasteiger partial charge is 0.227 e. The van der Waals surface area contributed by atoms with E-state index in [1.807, 2.05) is 18.5 Å². The molecule has 5 heterocycles. The number of nitrogens with one attached hydrogen (secondary N) is 1. The zero-order valence-corrected chi connectivity index (χ0v) is 19.4. The zero-order valence-electron chi connectivity index (χ0n) is 19.4. The van der Waals surface area contributed by atoms with E-state index in [0.717, 1.165) is 35.1 Å². The van der Waals surface area contributed by atoms with Gasteiger partial charge in [0, 0.05) is 49.7 Å². The molecule has 3 aromatic rings. The lowest BCUT2D eigenvalue weighted by molar-refractivity contribution is -0.00860. The molecular formula is C24H30FN7O2. The third kappa shape index (κ3) is 4.23. The Kier molecular flexibility index (Phi) is 5.95. The van der Waals surface area contributed by atoms with E-state index in [2.05, 4.69) is 37.1 Å². The molecule has 3 N–H and O–H groups in total. The molecule has 3 aromatic heterocycles. The quantitative estimate of drug-likeness (QED) is 0.504. The summed E-state index contributed by atoms with van der Waals surface area (Å²) < 4.78 is 14.6. The van der Waals surface area contributed by atoms with E-state index >= 15 is 0 Å². The van der Waals surface area contributed by atoms with Crippen LogP contribution in [0.3, 0.4) is 0 Å². The first-order valence-corrected chi connectivity index (χ1v) is 11.7. The number of piperidine rings is 1. The Bertz CT molecular complexity index is 1190. The minimum absolute atomic E-state index is 0.0288. The molecule has 34 heavy (non-hydrogen) atoms. The Morgan fingerprint density at radius 1 is 1.15 bits per heavy atom. The van der Waals surface area contributed by atoms with E-state index in [4.69, 9.17) is 0 Å². The highest BCUT2D eigenvalue weighted by atomic mass is 19.1. The van der Waals surface area contributed by atoms with Crippen LogP contribution in [0.15, 0.2) is 30.7 Å². The topological polar surface area (TPSA) is 111 Å². The van der Waals surface area contributed by atoms with E-state index in [1.54, 1.807) is 17.2 Å². The molecule has 0 saturated carbocycles.